The van der Waals surface area contributed by atoms with Crippen LogP contribution in [-0.4, -0.2) is 53.3 Å². The van der Waals surface area contributed by atoms with Crippen molar-refractivity contribution in [1.29, 1.82) is 0 Å². The maximum absolute atomic E-state index is 10.6. The van der Waals surface area contributed by atoms with Crippen LogP contribution in [0.5, 0.6) is 0 Å². The predicted octanol–water partition coefficient (Wildman–Crippen LogP) is 4.09. The number of hydrogen-bond acceptors (Lipinski definition) is 5. The van der Waals surface area contributed by atoms with Crippen molar-refractivity contribution in [3.63, 3.8) is 0 Å². The van der Waals surface area contributed by atoms with Gasteiger partial charge in [0.05, 0.1) is 12.7 Å². The Morgan fingerprint density at radius 1 is 0.840 bits per heavy atom. The van der Waals surface area contributed by atoms with Gasteiger partial charge in [-0.05, 0) is 29.1 Å². The Kier molecular flexibility index (Phi) is 6.63. The first-order chi connectivity index (χ1) is 11.5. The van der Waals surface area contributed by atoms with Crippen LogP contribution in [0.4, 0.5) is 0 Å². The Bertz CT molecular complexity index is 439. The first kappa shape index (κ1) is 21.5. The monoisotopic (exact) mass is 390 g/mol. The maximum Gasteiger partial charge on any atom is 0.335 e. The summed E-state index contributed by atoms with van der Waals surface area (Å²) in [5.74, 6) is 0. The van der Waals surface area contributed by atoms with Gasteiger partial charge < -0.3 is 22.8 Å². The van der Waals surface area contributed by atoms with Crippen molar-refractivity contribution in [3.05, 3.63) is 0 Å². The molecule has 5 nitrogen and oxygen atoms in total. The zero-order valence-corrected chi connectivity index (χ0v) is 19.4. The van der Waals surface area contributed by atoms with Gasteiger partial charge in [0.15, 0.2) is 0 Å². The highest BCUT2D eigenvalue weighted by atomic mass is 28.5. The van der Waals surface area contributed by atoms with Crippen LogP contribution in [0, 0.1) is 0 Å². The van der Waals surface area contributed by atoms with E-state index in [0.717, 1.165) is 0 Å². The molecule has 0 aliphatic carbocycles. The second-order valence-electron chi connectivity index (χ2n) is 8.93. The van der Waals surface area contributed by atoms with Crippen LogP contribution < -0.4 is 0 Å². The van der Waals surface area contributed by atoms with Crippen LogP contribution in [-0.2, 0) is 17.7 Å². The van der Waals surface area contributed by atoms with E-state index >= 15 is 0 Å². The average molecular weight is 391 g/mol. The molecule has 2 saturated heterocycles. The van der Waals surface area contributed by atoms with E-state index in [1.54, 1.807) is 0 Å². The number of aliphatic hydroxyl groups excluding tert-OH is 1. The molecule has 1 N–H and O–H groups in total. The minimum atomic E-state index is -2.64. The molecule has 1 unspecified atom stereocenters. The molecule has 25 heavy (non-hydrogen) atoms. The lowest BCUT2D eigenvalue weighted by molar-refractivity contribution is -0.0362. The summed E-state index contributed by atoms with van der Waals surface area (Å²) < 4.78 is 26.4. The predicted molar refractivity (Wildman–Crippen MR) is 104 cm³/mol. The molecule has 0 radical (unpaired) electrons. The van der Waals surface area contributed by atoms with Gasteiger partial charge in [-0.15, -0.1) is 0 Å². The Morgan fingerprint density at radius 3 is 1.76 bits per heavy atom. The Morgan fingerprint density at radius 2 is 1.32 bits per heavy atom. The fourth-order valence-corrected chi connectivity index (χ4v) is 15.6. The molecule has 0 aromatic heterocycles. The number of fused-ring (bicyclic) bond motifs is 1. The summed E-state index contributed by atoms with van der Waals surface area (Å²) in [4.78, 5) is 0. The standard InChI is InChI=1S/C18H38O5Si2/c1-11(2)24(12(3)4)20-10-16-18(17(19)15(9)21-16)22-25(23-24,13(5)6)14(7)8/h11-19H,10H2,1-9H3/t15-,16+,17+,18?/m0/s1. The minimum Gasteiger partial charge on any atom is -0.414 e. The van der Waals surface area contributed by atoms with Crippen LogP contribution in [0.3, 0.4) is 0 Å². The summed E-state index contributed by atoms with van der Waals surface area (Å²) in [7, 11) is -5.15. The van der Waals surface area contributed by atoms with Crippen LogP contribution in [0.1, 0.15) is 62.3 Å². The van der Waals surface area contributed by atoms with Crippen molar-refractivity contribution in [3.8, 4) is 0 Å². The van der Waals surface area contributed by atoms with Gasteiger partial charge in [0.25, 0.3) is 0 Å². The zero-order valence-electron chi connectivity index (χ0n) is 17.4. The van der Waals surface area contributed by atoms with Crippen molar-refractivity contribution >= 4 is 17.1 Å². The lowest BCUT2D eigenvalue weighted by Crippen LogP contribution is -2.65. The molecule has 0 saturated carbocycles. The molecule has 2 rings (SSSR count). The normalized spacial score (nSPS) is 35.3. The highest BCUT2D eigenvalue weighted by Gasteiger charge is 2.61. The van der Waals surface area contributed by atoms with Crippen molar-refractivity contribution in [2.45, 2.75) is 109 Å². The largest absolute Gasteiger partial charge is 0.414 e. The molecular formula is C18H38O5Si2. The van der Waals surface area contributed by atoms with Gasteiger partial charge >= 0.3 is 17.1 Å². The van der Waals surface area contributed by atoms with Crippen molar-refractivity contribution < 1.29 is 22.8 Å². The lowest BCUT2D eigenvalue weighted by Gasteiger charge is -2.51. The Hall–Kier alpha value is 0.234. The summed E-state index contributed by atoms with van der Waals surface area (Å²) in [6, 6.07) is 0. The molecule has 2 heterocycles. The topological polar surface area (TPSA) is 57.2 Å². The second kappa shape index (κ2) is 7.69. The number of rotatable bonds is 4. The zero-order chi connectivity index (χ0) is 19.2. The fraction of sp³-hybridized carbons (Fsp3) is 1.00. The Labute approximate surface area is 155 Å². The summed E-state index contributed by atoms with van der Waals surface area (Å²) in [5, 5.41) is 10.6. The maximum atomic E-state index is 10.6. The first-order valence-electron chi connectivity index (χ1n) is 9.83. The van der Waals surface area contributed by atoms with Crippen LogP contribution in [0.2, 0.25) is 22.2 Å². The number of ether oxygens (including phenoxy) is 1. The summed E-state index contributed by atoms with van der Waals surface area (Å²) in [5.41, 5.74) is 1.17. The van der Waals surface area contributed by atoms with Crippen LogP contribution in [0.15, 0.2) is 0 Å². The third-order valence-electron chi connectivity index (χ3n) is 5.90. The van der Waals surface area contributed by atoms with Gasteiger partial charge in [-0.3, -0.25) is 0 Å². The van der Waals surface area contributed by atoms with Gasteiger partial charge in [0.2, 0.25) is 0 Å². The molecule has 0 spiro atoms. The molecule has 0 amide bonds. The van der Waals surface area contributed by atoms with Crippen molar-refractivity contribution in [1.82, 2.24) is 0 Å². The number of aliphatic hydroxyl groups is 1. The first-order valence-corrected chi connectivity index (χ1v) is 13.8. The third kappa shape index (κ3) is 3.66. The molecule has 2 aliphatic heterocycles. The molecular weight excluding hydrogens is 352 g/mol. The van der Waals surface area contributed by atoms with Crippen LogP contribution >= 0.6 is 0 Å². The molecule has 4 atom stereocenters. The second-order valence-corrected chi connectivity index (χ2v) is 17.8. The van der Waals surface area contributed by atoms with Gasteiger partial charge in [-0.25, -0.2) is 0 Å². The number of hydrogen-bond donors (Lipinski definition) is 1. The Balaban J connectivity index is 2.53. The summed E-state index contributed by atoms with van der Waals surface area (Å²) in [6.45, 7) is 19.9. The van der Waals surface area contributed by atoms with E-state index in [1.165, 1.54) is 0 Å². The molecule has 0 bridgehead atoms. The third-order valence-corrected chi connectivity index (χ3v) is 16.2. The molecule has 0 aromatic carbocycles. The van der Waals surface area contributed by atoms with Crippen molar-refractivity contribution in [2.75, 3.05) is 6.61 Å². The molecule has 2 fully saturated rings. The average Bonchev–Trinajstić information content (AvgIpc) is 2.73. The van der Waals surface area contributed by atoms with Crippen molar-refractivity contribution in [2.24, 2.45) is 0 Å². The molecule has 148 valence electrons. The highest BCUT2D eigenvalue weighted by Crippen LogP contribution is 2.47. The van der Waals surface area contributed by atoms with Gasteiger partial charge in [-0.1, -0.05) is 55.4 Å². The quantitative estimate of drug-likeness (QED) is 0.733. The van der Waals surface area contributed by atoms with E-state index in [-0.39, 0.29) is 29.4 Å². The SMILES string of the molecule is CC(C)[Si]1(C(C)C)OC[C@H]2O[C@@H](C)[C@@H](O)C2O[Si](C(C)C)(C(C)C)O1. The van der Waals surface area contributed by atoms with E-state index in [2.05, 4.69) is 55.4 Å². The minimum absolute atomic E-state index is 0.220. The van der Waals surface area contributed by atoms with Gasteiger partial charge in [0.1, 0.15) is 18.3 Å². The van der Waals surface area contributed by atoms with E-state index in [4.69, 9.17) is 17.7 Å². The van der Waals surface area contributed by atoms with Gasteiger partial charge in [0, 0.05) is 0 Å². The fourth-order valence-electron chi connectivity index (χ4n) is 4.34. The van der Waals surface area contributed by atoms with Crippen LogP contribution in [0.25, 0.3) is 0 Å². The van der Waals surface area contributed by atoms with E-state index in [0.29, 0.717) is 17.7 Å². The van der Waals surface area contributed by atoms with E-state index < -0.39 is 23.2 Å². The molecule has 7 heteroatoms. The lowest BCUT2D eigenvalue weighted by atomic mass is 10.1. The highest BCUT2D eigenvalue weighted by molar-refractivity contribution is 6.83. The summed E-state index contributed by atoms with van der Waals surface area (Å²) in [6.07, 6.45) is -1.45. The summed E-state index contributed by atoms with van der Waals surface area (Å²) >= 11 is 0. The van der Waals surface area contributed by atoms with E-state index in [9.17, 15) is 5.11 Å². The van der Waals surface area contributed by atoms with Gasteiger partial charge in [-0.2, -0.15) is 0 Å². The smallest absolute Gasteiger partial charge is 0.335 e. The van der Waals surface area contributed by atoms with E-state index in [1.807, 2.05) is 6.92 Å². The molecule has 0 aromatic rings. The molecule has 2 aliphatic rings.